The highest BCUT2D eigenvalue weighted by molar-refractivity contribution is 6.03. The Labute approximate surface area is 179 Å². The first-order valence-corrected chi connectivity index (χ1v) is 9.71. The number of aromatic nitrogens is 2. The molecule has 0 bridgehead atoms. The molecular formula is C22H24N4O5. The van der Waals surface area contributed by atoms with E-state index in [1.807, 2.05) is 24.3 Å². The second kappa shape index (κ2) is 9.86. The van der Waals surface area contributed by atoms with Gasteiger partial charge >= 0.3 is 0 Å². The van der Waals surface area contributed by atoms with Crippen LogP contribution in [-0.2, 0) is 4.74 Å². The molecule has 0 radical (unpaired) electrons. The Hall–Kier alpha value is -3.72. The van der Waals surface area contributed by atoms with Crippen molar-refractivity contribution in [3.8, 4) is 22.7 Å². The van der Waals surface area contributed by atoms with Gasteiger partial charge in [0.2, 0.25) is 0 Å². The molecule has 9 nitrogen and oxygen atoms in total. The first-order valence-electron chi connectivity index (χ1n) is 9.71. The number of H-pyrrole nitrogens is 1. The van der Waals surface area contributed by atoms with E-state index in [4.69, 9.17) is 9.47 Å². The van der Waals surface area contributed by atoms with Gasteiger partial charge < -0.3 is 9.47 Å². The zero-order chi connectivity index (χ0) is 22.4. The van der Waals surface area contributed by atoms with E-state index < -0.39 is 4.92 Å². The Morgan fingerprint density at radius 1 is 1.13 bits per heavy atom. The standard InChI is InChI=1S/C22H24N4O5/c1-15(23-13-4-14-30-2)20-21(16-5-11-19(31-3)12-6-16)24-25(22(20)27)17-7-9-18(10-8-17)26(28)29/h5-12,24H,4,13-14H2,1-3H3. The van der Waals surface area contributed by atoms with Crippen LogP contribution in [0.1, 0.15) is 18.9 Å². The number of aromatic amines is 1. The van der Waals surface area contributed by atoms with E-state index in [1.165, 1.54) is 28.9 Å². The molecule has 0 spiro atoms. The second-order valence-corrected chi connectivity index (χ2v) is 6.82. The normalized spacial score (nSPS) is 11.5. The first kappa shape index (κ1) is 22.0. The van der Waals surface area contributed by atoms with Gasteiger partial charge in [-0.3, -0.25) is 25.0 Å². The van der Waals surface area contributed by atoms with Crippen molar-refractivity contribution in [3.05, 3.63) is 74.6 Å². The van der Waals surface area contributed by atoms with E-state index >= 15 is 0 Å². The maximum atomic E-state index is 13.3. The summed E-state index contributed by atoms with van der Waals surface area (Å²) < 4.78 is 11.6. The SMILES string of the molecule is COCCCN=C(C)c1c(-c2ccc(OC)cc2)[nH]n(-c2ccc([N+](=O)[O-])cc2)c1=O. The minimum Gasteiger partial charge on any atom is -0.497 e. The molecule has 0 aliphatic heterocycles. The predicted molar refractivity (Wildman–Crippen MR) is 119 cm³/mol. The van der Waals surface area contributed by atoms with Crippen molar-refractivity contribution in [1.82, 2.24) is 9.78 Å². The summed E-state index contributed by atoms with van der Waals surface area (Å²) in [5.74, 6) is 0.701. The third kappa shape index (κ3) is 4.89. The van der Waals surface area contributed by atoms with E-state index in [0.717, 1.165) is 12.0 Å². The van der Waals surface area contributed by atoms with Crippen molar-refractivity contribution in [1.29, 1.82) is 0 Å². The molecule has 1 heterocycles. The molecule has 1 aromatic heterocycles. The quantitative estimate of drug-likeness (QED) is 0.244. The summed E-state index contributed by atoms with van der Waals surface area (Å²) in [5.41, 5.74) is 2.61. The van der Waals surface area contributed by atoms with Crippen molar-refractivity contribution >= 4 is 11.4 Å². The van der Waals surface area contributed by atoms with Crippen molar-refractivity contribution in [2.45, 2.75) is 13.3 Å². The van der Waals surface area contributed by atoms with Gasteiger partial charge in [-0.15, -0.1) is 0 Å². The van der Waals surface area contributed by atoms with Crippen LogP contribution in [0.25, 0.3) is 16.9 Å². The van der Waals surface area contributed by atoms with Gasteiger partial charge in [0.25, 0.3) is 11.2 Å². The molecule has 0 amide bonds. The third-order valence-corrected chi connectivity index (χ3v) is 4.81. The highest BCUT2D eigenvalue weighted by Crippen LogP contribution is 2.24. The van der Waals surface area contributed by atoms with Crippen LogP contribution < -0.4 is 10.3 Å². The van der Waals surface area contributed by atoms with Crippen LogP contribution in [0.5, 0.6) is 5.75 Å². The van der Waals surface area contributed by atoms with Crippen molar-refractivity contribution in [2.24, 2.45) is 4.99 Å². The molecule has 0 atom stereocenters. The van der Waals surface area contributed by atoms with Crippen LogP contribution >= 0.6 is 0 Å². The van der Waals surface area contributed by atoms with Crippen LogP contribution in [0.4, 0.5) is 5.69 Å². The van der Waals surface area contributed by atoms with Crippen LogP contribution in [-0.4, -0.2) is 47.8 Å². The van der Waals surface area contributed by atoms with Crippen LogP contribution in [0.15, 0.2) is 58.3 Å². The lowest BCUT2D eigenvalue weighted by molar-refractivity contribution is -0.384. The highest BCUT2D eigenvalue weighted by atomic mass is 16.6. The lowest BCUT2D eigenvalue weighted by Gasteiger charge is -2.05. The summed E-state index contributed by atoms with van der Waals surface area (Å²) >= 11 is 0. The van der Waals surface area contributed by atoms with E-state index in [0.29, 0.717) is 41.6 Å². The van der Waals surface area contributed by atoms with Gasteiger partial charge in [-0.1, -0.05) is 0 Å². The van der Waals surface area contributed by atoms with E-state index in [9.17, 15) is 14.9 Å². The molecule has 9 heteroatoms. The van der Waals surface area contributed by atoms with Crippen molar-refractivity contribution < 1.29 is 14.4 Å². The third-order valence-electron chi connectivity index (χ3n) is 4.81. The summed E-state index contributed by atoms with van der Waals surface area (Å²) in [4.78, 5) is 28.3. The minimum atomic E-state index is -0.480. The van der Waals surface area contributed by atoms with Gasteiger partial charge in [-0.05, 0) is 49.7 Å². The van der Waals surface area contributed by atoms with Crippen molar-refractivity contribution in [2.75, 3.05) is 27.4 Å². The second-order valence-electron chi connectivity index (χ2n) is 6.82. The summed E-state index contributed by atoms with van der Waals surface area (Å²) in [6, 6.07) is 13.1. The average molecular weight is 424 g/mol. The number of hydrogen-bond acceptors (Lipinski definition) is 6. The number of nitro benzene ring substituents is 1. The summed E-state index contributed by atoms with van der Waals surface area (Å²) in [6.07, 6.45) is 0.743. The summed E-state index contributed by atoms with van der Waals surface area (Å²) in [6.45, 7) is 2.91. The maximum Gasteiger partial charge on any atom is 0.280 e. The monoisotopic (exact) mass is 424 g/mol. The Morgan fingerprint density at radius 3 is 2.39 bits per heavy atom. The molecule has 0 saturated carbocycles. The lowest BCUT2D eigenvalue weighted by Crippen LogP contribution is -2.19. The van der Waals surface area contributed by atoms with E-state index in [2.05, 4.69) is 10.1 Å². The zero-order valence-electron chi connectivity index (χ0n) is 17.6. The molecule has 0 aliphatic carbocycles. The van der Waals surface area contributed by atoms with Gasteiger partial charge in [0.15, 0.2) is 0 Å². The highest BCUT2D eigenvalue weighted by Gasteiger charge is 2.19. The van der Waals surface area contributed by atoms with Crippen LogP contribution in [0, 0.1) is 10.1 Å². The zero-order valence-corrected chi connectivity index (χ0v) is 17.6. The number of benzene rings is 2. The number of nitrogens with zero attached hydrogens (tertiary/aromatic N) is 3. The molecule has 3 aromatic rings. The molecule has 162 valence electrons. The van der Waals surface area contributed by atoms with E-state index in [-0.39, 0.29) is 11.2 Å². The molecule has 3 rings (SSSR count). The number of nitro groups is 1. The predicted octanol–water partition coefficient (Wildman–Crippen LogP) is 3.59. The number of non-ortho nitro benzene ring substituents is 1. The number of nitrogens with one attached hydrogen (secondary N) is 1. The van der Waals surface area contributed by atoms with E-state index in [1.54, 1.807) is 21.1 Å². The molecular weight excluding hydrogens is 400 g/mol. The maximum absolute atomic E-state index is 13.3. The fourth-order valence-corrected chi connectivity index (χ4v) is 3.18. The topological polar surface area (TPSA) is 112 Å². The molecule has 0 unspecified atom stereocenters. The van der Waals surface area contributed by atoms with Gasteiger partial charge in [0.1, 0.15) is 5.75 Å². The number of rotatable bonds is 9. The van der Waals surface area contributed by atoms with Gasteiger partial charge in [0.05, 0.1) is 29.0 Å². The molecule has 0 aliphatic rings. The fourth-order valence-electron chi connectivity index (χ4n) is 3.18. The lowest BCUT2D eigenvalue weighted by atomic mass is 10.0. The van der Waals surface area contributed by atoms with Gasteiger partial charge in [-0.25, -0.2) is 4.68 Å². The fraction of sp³-hybridized carbons (Fsp3) is 0.273. The Morgan fingerprint density at radius 2 is 1.81 bits per heavy atom. The summed E-state index contributed by atoms with van der Waals surface area (Å²) in [7, 11) is 3.22. The van der Waals surface area contributed by atoms with Gasteiger partial charge in [0, 0.05) is 43.7 Å². The van der Waals surface area contributed by atoms with Crippen molar-refractivity contribution in [3.63, 3.8) is 0 Å². The van der Waals surface area contributed by atoms with Crippen LogP contribution in [0.3, 0.4) is 0 Å². The molecule has 1 N–H and O–H groups in total. The largest absolute Gasteiger partial charge is 0.497 e. The summed E-state index contributed by atoms with van der Waals surface area (Å²) in [5, 5.41) is 14.1. The van der Waals surface area contributed by atoms with Gasteiger partial charge in [-0.2, -0.15) is 0 Å². The smallest absolute Gasteiger partial charge is 0.280 e. The Balaban J connectivity index is 2.09. The number of aliphatic imine (C=N–C) groups is 1. The molecule has 31 heavy (non-hydrogen) atoms. The Bertz CT molecular complexity index is 1130. The van der Waals surface area contributed by atoms with Crippen LogP contribution in [0.2, 0.25) is 0 Å². The molecule has 0 fully saturated rings. The first-order chi connectivity index (χ1) is 15.0. The molecule has 2 aromatic carbocycles. The number of methoxy groups -OCH3 is 2. The average Bonchev–Trinajstić information content (AvgIpc) is 3.13. The minimum absolute atomic E-state index is 0.0464. The molecule has 0 saturated heterocycles. The number of ether oxygens (including phenoxy) is 2. The Kier molecular flexibility index (Phi) is 6.99. The number of hydrogen-bond donors (Lipinski definition) is 1.